The minimum absolute atomic E-state index is 0.167. The van der Waals surface area contributed by atoms with E-state index in [1.54, 1.807) is 0 Å². The van der Waals surface area contributed by atoms with E-state index in [2.05, 4.69) is 19.2 Å². The molecule has 94 valence electrons. The minimum atomic E-state index is 0.167. The van der Waals surface area contributed by atoms with E-state index in [1.165, 1.54) is 12.8 Å². The molecule has 0 saturated heterocycles. The molecule has 1 nitrogen and oxygen atoms in total. The van der Waals surface area contributed by atoms with Gasteiger partial charge >= 0.3 is 0 Å². The highest BCUT2D eigenvalue weighted by molar-refractivity contribution is 6.36. The monoisotopic (exact) mass is 271 g/mol. The standard InChI is InChI=1S/C14H19Cl2N/c1-3-10-8-14(10,9-17-4-2)13-11(15)6-5-7-12(13)16/h5-7,10,17H,3-4,8-9H2,1-2H3. The summed E-state index contributed by atoms with van der Waals surface area (Å²) >= 11 is 12.7. The molecule has 1 fully saturated rings. The Morgan fingerprint density at radius 3 is 2.41 bits per heavy atom. The van der Waals surface area contributed by atoms with Crippen molar-refractivity contribution in [1.29, 1.82) is 0 Å². The SMILES string of the molecule is CCNCC1(c2c(Cl)cccc2Cl)CC1CC. The topological polar surface area (TPSA) is 12.0 Å². The smallest absolute Gasteiger partial charge is 0.0459 e. The van der Waals surface area contributed by atoms with Gasteiger partial charge in [0.1, 0.15) is 0 Å². The van der Waals surface area contributed by atoms with Crippen molar-refractivity contribution in [3.05, 3.63) is 33.8 Å². The second-order valence-electron chi connectivity index (χ2n) is 4.84. The first-order chi connectivity index (χ1) is 8.15. The van der Waals surface area contributed by atoms with Gasteiger partial charge in [-0.2, -0.15) is 0 Å². The maximum atomic E-state index is 6.34. The summed E-state index contributed by atoms with van der Waals surface area (Å²) in [6, 6.07) is 5.81. The fourth-order valence-corrected chi connectivity index (χ4v) is 3.62. The average molecular weight is 272 g/mol. The zero-order valence-electron chi connectivity index (χ0n) is 10.4. The fourth-order valence-electron chi connectivity index (χ4n) is 2.85. The van der Waals surface area contributed by atoms with Gasteiger partial charge in [-0.1, -0.05) is 49.5 Å². The van der Waals surface area contributed by atoms with Crippen LogP contribution in [0.15, 0.2) is 18.2 Å². The minimum Gasteiger partial charge on any atom is -0.316 e. The van der Waals surface area contributed by atoms with Gasteiger partial charge in [-0.25, -0.2) is 0 Å². The molecule has 0 amide bonds. The van der Waals surface area contributed by atoms with E-state index in [0.29, 0.717) is 5.92 Å². The van der Waals surface area contributed by atoms with Crippen molar-refractivity contribution in [3.63, 3.8) is 0 Å². The third kappa shape index (κ3) is 2.33. The number of hydrogen-bond donors (Lipinski definition) is 1. The summed E-state index contributed by atoms with van der Waals surface area (Å²) < 4.78 is 0. The first-order valence-corrected chi connectivity index (χ1v) is 7.06. The quantitative estimate of drug-likeness (QED) is 0.844. The Morgan fingerprint density at radius 1 is 1.29 bits per heavy atom. The maximum absolute atomic E-state index is 6.34. The largest absolute Gasteiger partial charge is 0.316 e. The molecule has 2 rings (SSSR count). The normalized spacial score (nSPS) is 27.2. The summed E-state index contributed by atoms with van der Waals surface area (Å²) in [5, 5.41) is 5.07. The summed E-state index contributed by atoms with van der Waals surface area (Å²) in [5.41, 5.74) is 1.32. The number of likely N-dealkylation sites (N-methyl/N-ethyl adjacent to an activating group) is 1. The van der Waals surface area contributed by atoms with E-state index in [1.807, 2.05) is 18.2 Å². The number of halogens is 2. The molecule has 2 atom stereocenters. The van der Waals surface area contributed by atoms with E-state index >= 15 is 0 Å². The predicted molar refractivity (Wildman–Crippen MR) is 75.1 cm³/mol. The lowest BCUT2D eigenvalue weighted by molar-refractivity contribution is 0.534. The van der Waals surface area contributed by atoms with E-state index in [0.717, 1.165) is 28.7 Å². The van der Waals surface area contributed by atoms with Crippen molar-refractivity contribution < 1.29 is 0 Å². The van der Waals surface area contributed by atoms with Crippen LogP contribution in [0, 0.1) is 5.92 Å². The molecule has 0 heterocycles. The molecule has 0 aromatic heterocycles. The van der Waals surface area contributed by atoms with Crippen molar-refractivity contribution in [2.24, 2.45) is 5.92 Å². The van der Waals surface area contributed by atoms with Gasteiger partial charge in [0.05, 0.1) is 0 Å². The van der Waals surface area contributed by atoms with Crippen LogP contribution >= 0.6 is 23.2 Å². The van der Waals surface area contributed by atoms with Gasteiger partial charge < -0.3 is 5.32 Å². The van der Waals surface area contributed by atoms with Crippen molar-refractivity contribution in [3.8, 4) is 0 Å². The van der Waals surface area contributed by atoms with Gasteiger partial charge in [-0.05, 0) is 36.6 Å². The summed E-state index contributed by atoms with van der Waals surface area (Å²) in [6.07, 6.45) is 2.38. The summed E-state index contributed by atoms with van der Waals surface area (Å²) in [5.74, 6) is 0.707. The highest BCUT2D eigenvalue weighted by Gasteiger charge is 2.55. The third-order valence-electron chi connectivity index (χ3n) is 3.88. The Bertz CT molecular complexity index is 385. The van der Waals surface area contributed by atoms with E-state index in [-0.39, 0.29) is 5.41 Å². The van der Waals surface area contributed by atoms with Gasteiger partial charge in [0.25, 0.3) is 0 Å². The molecule has 0 aliphatic heterocycles. The van der Waals surface area contributed by atoms with Crippen LogP contribution in [0.3, 0.4) is 0 Å². The molecule has 0 spiro atoms. The van der Waals surface area contributed by atoms with Crippen LogP contribution in [0.4, 0.5) is 0 Å². The second kappa shape index (κ2) is 5.17. The number of nitrogens with one attached hydrogen (secondary N) is 1. The van der Waals surface area contributed by atoms with Gasteiger partial charge in [0, 0.05) is 22.0 Å². The summed E-state index contributed by atoms with van der Waals surface area (Å²) in [4.78, 5) is 0. The third-order valence-corrected chi connectivity index (χ3v) is 4.51. The zero-order valence-corrected chi connectivity index (χ0v) is 11.9. The highest BCUT2D eigenvalue weighted by Crippen LogP contribution is 2.58. The Hall–Kier alpha value is -0.240. The van der Waals surface area contributed by atoms with Crippen LogP contribution in [0.2, 0.25) is 10.0 Å². The van der Waals surface area contributed by atoms with Crippen molar-refractivity contribution in [2.45, 2.75) is 32.1 Å². The lowest BCUT2D eigenvalue weighted by Gasteiger charge is -2.21. The van der Waals surface area contributed by atoms with Crippen LogP contribution < -0.4 is 5.32 Å². The van der Waals surface area contributed by atoms with Crippen molar-refractivity contribution in [1.82, 2.24) is 5.32 Å². The Kier molecular flexibility index (Phi) is 4.02. The van der Waals surface area contributed by atoms with E-state index in [9.17, 15) is 0 Å². The lowest BCUT2D eigenvalue weighted by Crippen LogP contribution is -2.29. The van der Waals surface area contributed by atoms with E-state index in [4.69, 9.17) is 23.2 Å². The molecule has 3 heteroatoms. The van der Waals surface area contributed by atoms with Gasteiger partial charge in [-0.15, -0.1) is 0 Å². The Balaban J connectivity index is 2.34. The molecule has 1 aromatic carbocycles. The number of hydrogen-bond acceptors (Lipinski definition) is 1. The average Bonchev–Trinajstić information content (AvgIpc) is 3.01. The molecule has 1 N–H and O–H groups in total. The summed E-state index contributed by atoms with van der Waals surface area (Å²) in [7, 11) is 0. The highest BCUT2D eigenvalue weighted by atomic mass is 35.5. The van der Waals surface area contributed by atoms with Crippen molar-refractivity contribution >= 4 is 23.2 Å². The first-order valence-electron chi connectivity index (χ1n) is 6.31. The van der Waals surface area contributed by atoms with Crippen LogP contribution in [0.1, 0.15) is 32.3 Å². The molecule has 1 saturated carbocycles. The van der Waals surface area contributed by atoms with E-state index < -0.39 is 0 Å². The summed E-state index contributed by atoms with van der Waals surface area (Å²) in [6.45, 7) is 6.33. The predicted octanol–water partition coefficient (Wildman–Crippen LogP) is 4.27. The molecule has 1 aromatic rings. The molecule has 0 radical (unpaired) electrons. The van der Waals surface area contributed by atoms with Gasteiger partial charge in [0.2, 0.25) is 0 Å². The van der Waals surface area contributed by atoms with Crippen LogP contribution in [-0.2, 0) is 5.41 Å². The Morgan fingerprint density at radius 2 is 1.94 bits per heavy atom. The van der Waals surface area contributed by atoms with Crippen molar-refractivity contribution in [2.75, 3.05) is 13.1 Å². The maximum Gasteiger partial charge on any atom is 0.0459 e. The van der Waals surface area contributed by atoms with Crippen LogP contribution in [-0.4, -0.2) is 13.1 Å². The lowest BCUT2D eigenvalue weighted by atomic mass is 9.92. The molecule has 1 aliphatic carbocycles. The second-order valence-corrected chi connectivity index (χ2v) is 5.66. The molecule has 2 unspecified atom stereocenters. The molecular formula is C14H19Cl2N. The molecule has 0 bridgehead atoms. The molecular weight excluding hydrogens is 253 g/mol. The number of benzene rings is 1. The molecule has 1 aliphatic rings. The Labute approximate surface area is 114 Å². The molecule has 17 heavy (non-hydrogen) atoms. The van der Waals surface area contributed by atoms with Crippen LogP contribution in [0.5, 0.6) is 0 Å². The first kappa shape index (κ1) is 13.2. The van der Waals surface area contributed by atoms with Crippen LogP contribution in [0.25, 0.3) is 0 Å². The fraction of sp³-hybridized carbons (Fsp3) is 0.571. The number of rotatable bonds is 5. The van der Waals surface area contributed by atoms with Gasteiger partial charge in [-0.3, -0.25) is 0 Å². The van der Waals surface area contributed by atoms with Gasteiger partial charge in [0.15, 0.2) is 0 Å². The zero-order chi connectivity index (χ0) is 12.5.